The van der Waals surface area contributed by atoms with Gasteiger partial charge in [0.1, 0.15) is 5.60 Å². The Bertz CT molecular complexity index is 728. The quantitative estimate of drug-likeness (QED) is 0.577. The van der Waals surface area contributed by atoms with E-state index < -0.39 is 11.6 Å². The standard InChI is InChI=1S/C20H26N2O4/c1-14(23)5-8-16-9-6-15(7-10-19(25)26-20(2,3)4)13-17(16)22-18(24)11-12-21/h5-10,13H,11-12,21H2,1-4H3,(H,22,24)/b8-5+,10-7+. The molecule has 0 spiro atoms. The first-order valence-corrected chi connectivity index (χ1v) is 8.34. The van der Waals surface area contributed by atoms with Gasteiger partial charge in [0.2, 0.25) is 5.91 Å². The van der Waals surface area contributed by atoms with Crippen LogP contribution in [-0.2, 0) is 19.1 Å². The van der Waals surface area contributed by atoms with Crippen LogP contribution in [0.4, 0.5) is 5.69 Å². The SMILES string of the molecule is CC(=O)/C=C/c1ccc(/C=C/C(=O)OC(C)(C)C)cc1NC(=O)CCN. The number of ether oxygens (including phenoxy) is 1. The van der Waals surface area contributed by atoms with Gasteiger partial charge in [-0.15, -0.1) is 0 Å². The Kier molecular flexibility index (Phi) is 7.93. The van der Waals surface area contributed by atoms with E-state index in [1.165, 1.54) is 19.1 Å². The molecule has 6 heteroatoms. The molecule has 0 bridgehead atoms. The third kappa shape index (κ3) is 8.39. The zero-order valence-electron chi connectivity index (χ0n) is 15.7. The molecule has 26 heavy (non-hydrogen) atoms. The number of nitrogens with two attached hydrogens (primary N) is 1. The minimum Gasteiger partial charge on any atom is -0.457 e. The van der Waals surface area contributed by atoms with Crippen LogP contribution in [0.15, 0.2) is 30.4 Å². The first-order chi connectivity index (χ1) is 12.1. The highest BCUT2D eigenvalue weighted by Crippen LogP contribution is 2.21. The molecule has 1 rings (SSSR count). The first-order valence-electron chi connectivity index (χ1n) is 8.34. The van der Waals surface area contributed by atoms with Crippen molar-refractivity contribution < 1.29 is 19.1 Å². The van der Waals surface area contributed by atoms with Crippen LogP contribution in [0.5, 0.6) is 0 Å². The largest absolute Gasteiger partial charge is 0.457 e. The Morgan fingerprint density at radius 3 is 2.42 bits per heavy atom. The number of esters is 1. The van der Waals surface area contributed by atoms with Crippen molar-refractivity contribution >= 4 is 35.5 Å². The zero-order valence-corrected chi connectivity index (χ0v) is 15.7. The second-order valence-electron chi connectivity index (χ2n) is 6.74. The summed E-state index contributed by atoms with van der Waals surface area (Å²) in [5, 5.41) is 2.77. The van der Waals surface area contributed by atoms with Crippen LogP contribution in [0.25, 0.3) is 12.2 Å². The van der Waals surface area contributed by atoms with Gasteiger partial charge < -0.3 is 15.8 Å². The second kappa shape index (κ2) is 9.68. The van der Waals surface area contributed by atoms with E-state index >= 15 is 0 Å². The fourth-order valence-corrected chi connectivity index (χ4v) is 1.98. The summed E-state index contributed by atoms with van der Waals surface area (Å²) < 4.78 is 5.22. The van der Waals surface area contributed by atoms with Crippen molar-refractivity contribution in [3.8, 4) is 0 Å². The molecule has 0 fully saturated rings. The van der Waals surface area contributed by atoms with Gasteiger partial charge in [-0.05, 0) is 63.1 Å². The second-order valence-corrected chi connectivity index (χ2v) is 6.74. The van der Waals surface area contributed by atoms with Gasteiger partial charge in [0.25, 0.3) is 0 Å². The maximum absolute atomic E-state index is 11.9. The van der Waals surface area contributed by atoms with Crippen LogP contribution in [0.2, 0.25) is 0 Å². The number of amides is 1. The van der Waals surface area contributed by atoms with Crippen LogP contribution in [-0.4, -0.2) is 29.8 Å². The van der Waals surface area contributed by atoms with Gasteiger partial charge in [0.05, 0.1) is 0 Å². The van der Waals surface area contributed by atoms with Gasteiger partial charge in [-0.2, -0.15) is 0 Å². The highest BCUT2D eigenvalue weighted by atomic mass is 16.6. The van der Waals surface area contributed by atoms with E-state index in [0.717, 1.165) is 0 Å². The summed E-state index contributed by atoms with van der Waals surface area (Å²) in [5.74, 6) is -0.775. The van der Waals surface area contributed by atoms with E-state index in [9.17, 15) is 14.4 Å². The van der Waals surface area contributed by atoms with E-state index in [2.05, 4.69) is 5.32 Å². The van der Waals surface area contributed by atoms with Crippen LogP contribution in [0.1, 0.15) is 45.2 Å². The maximum atomic E-state index is 11.9. The van der Waals surface area contributed by atoms with Gasteiger partial charge in [0.15, 0.2) is 5.78 Å². The van der Waals surface area contributed by atoms with Gasteiger partial charge in [-0.1, -0.05) is 12.1 Å². The van der Waals surface area contributed by atoms with Gasteiger partial charge in [-0.25, -0.2) is 4.79 Å². The van der Waals surface area contributed by atoms with Gasteiger partial charge in [-0.3, -0.25) is 9.59 Å². The summed E-state index contributed by atoms with van der Waals surface area (Å²) in [7, 11) is 0. The monoisotopic (exact) mass is 358 g/mol. The fourth-order valence-electron chi connectivity index (χ4n) is 1.98. The Balaban J connectivity index is 3.06. The lowest BCUT2D eigenvalue weighted by Crippen LogP contribution is -2.22. The van der Waals surface area contributed by atoms with Crippen molar-refractivity contribution in [2.45, 2.75) is 39.7 Å². The molecule has 140 valence electrons. The molecule has 0 saturated carbocycles. The number of ketones is 1. The Hall–Kier alpha value is -2.73. The number of hydrogen-bond donors (Lipinski definition) is 2. The number of rotatable bonds is 7. The van der Waals surface area contributed by atoms with Crippen molar-refractivity contribution in [1.82, 2.24) is 0 Å². The summed E-state index contributed by atoms with van der Waals surface area (Å²) in [6.45, 7) is 7.06. The average molecular weight is 358 g/mol. The summed E-state index contributed by atoms with van der Waals surface area (Å²) in [6.07, 6.45) is 6.17. The molecule has 0 aliphatic heterocycles. The Morgan fingerprint density at radius 1 is 1.15 bits per heavy atom. The number of benzene rings is 1. The van der Waals surface area contributed by atoms with Crippen LogP contribution < -0.4 is 11.1 Å². The topological polar surface area (TPSA) is 98.5 Å². The normalized spacial score (nSPS) is 11.7. The Morgan fingerprint density at radius 2 is 1.85 bits per heavy atom. The predicted molar refractivity (Wildman–Crippen MR) is 103 cm³/mol. The number of hydrogen-bond acceptors (Lipinski definition) is 5. The molecule has 0 radical (unpaired) electrons. The van der Waals surface area contributed by atoms with Crippen LogP contribution in [0, 0.1) is 0 Å². The Labute approximate surface area is 154 Å². The molecule has 0 aliphatic carbocycles. The molecule has 0 atom stereocenters. The molecule has 0 saturated heterocycles. The third-order valence-corrected chi connectivity index (χ3v) is 3.04. The first kappa shape index (κ1) is 21.3. The highest BCUT2D eigenvalue weighted by Gasteiger charge is 2.14. The fraction of sp³-hybridized carbons (Fsp3) is 0.350. The number of allylic oxidation sites excluding steroid dienone is 1. The molecule has 1 amide bonds. The van der Waals surface area contributed by atoms with E-state index in [-0.39, 0.29) is 24.7 Å². The third-order valence-electron chi connectivity index (χ3n) is 3.04. The molecule has 1 aromatic carbocycles. The highest BCUT2D eigenvalue weighted by molar-refractivity contribution is 5.96. The average Bonchev–Trinajstić information content (AvgIpc) is 2.50. The van der Waals surface area contributed by atoms with Crippen molar-refractivity contribution in [2.75, 3.05) is 11.9 Å². The van der Waals surface area contributed by atoms with Crippen molar-refractivity contribution in [3.63, 3.8) is 0 Å². The summed E-state index contributed by atoms with van der Waals surface area (Å²) in [6, 6.07) is 5.25. The van der Waals surface area contributed by atoms with E-state index in [4.69, 9.17) is 10.5 Å². The van der Waals surface area contributed by atoms with Gasteiger partial charge in [0, 0.05) is 24.7 Å². The van der Waals surface area contributed by atoms with E-state index in [1.54, 1.807) is 51.1 Å². The van der Waals surface area contributed by atoms with Crippen molar-refractivity contribution in [2.24, 2.45) is 5.73 Å². The number of carbonyl (C=O) groups excluding carboxylic acids is 3. The van der Waals surface area contributed by atoms with Gasteiger partial charge >= 0.3 is 5.97 Å². The molecule has 3 N–H and O–H groups in total. The molecular weight excluding hydrogens is 332 g/mol. The summed E-state index contributed by atoms with van der Waals surface area (Å²) >= 11 is 0. The summed E-state index contributed by atoms with van der Waals surface area (Å²) in [5.41, 5.74) is 6.76. The number of anilines is 1. The predicted octanol–water partition coefficient (Wildman–Crippen LogP) is 2.93. The minimum absolute atomic E-state index is 0.0990. The molecule has 0 heterocycles. The lowest BCUT2D eigenvalue weighted by molar-refractivity contribution is -0.148. The van der Waals surface area contributed by atoms with E-state index in [1.807, 2.05) is 0 Å². The molecule has 0 aromatic heterocycles. The van der Waals surface area contributed by atoms with Crippen LogP contribution in [0.3, 0.4) is 0 Å². The lowest BCUT2D eigenvalue weighted by Gasteiger charge is -2.17. The zero-order chi connectivity index (χ0) is 19.7. The lowest BCUT2D eigenvalue weighted by atomic mass is 10.1. The maximum Gasteiger partial charge on any atom is 0.331 e. The number of carbonyl (C=O) groups is 3. The molecule has 0 unspecified atom stereocenters. The van der Waals surface area contributed by atoms with E-state index in [0.29, 0.717) is 16.8 Å². The summed E-state index contributed by atoms with van der Waals surface area (Å²) in [4.78, 5) is 34.8. The minimum atomic E-state index is -0.565. The van der Waals surface area contributed by atoms with Crippen molar-refractivity contribution in [3.05, 3.63) is 41.5 Å². The van der Waals surface area contributed by atoms with Crippen LogP contribution >= 0.6 is 0 Å². The smallest absolute Gasteiger partial charge is 0.331 e. The molecular formula is C20H26N2O4. The molecule has 0 aliphatic rings. The van der Waals surface area contributed by atoms with Crippen molar-refractivity contribution in [1.29, 1.82) is 0 Å². The number of nitrogens with one attached hydrogen (secondary N) is 1. The molecule has 6 nitrogen and oxygen atoms in total. The molecule has 1 aromatic rings.